The molecule has 0 heterocycles. The number of hydrogen-bond acceptors (Lipinski definition) is 0. The molecule has 28 heavy (non-hydrogen) atoms. The Kier molecular flexibility index (Phi) is 27.3. The molecule has 0 fully saturated rings. The molecule has 0 aliphatic heterocycles. The second-order valence-corrected chi connectivity index (χ2v) is 13.7. The van der Waals surface area contributed by atoms with Crippen molar-refractivity contribution >= 4 is 7.26 Å². The molecule has 0 atom stereocenters. The zero-order chi connectivity index (χ0) is 20.1. The fraction of sp³-hybridized carbons (Fsp3) is 1.00. The highest BCUT2D eigenvalue weighted by atomic mass is 127. The number of rotatable bonds is 22. The van der Waals surface area contributed by atoms with Crippen LogP contribution in [0.2, 0.25) is 0 Å². The summed E-state index contributed by atoms with van der Waals surface area (Å²) in [6.07, 6.45) is 33.0. The van der Waals surface area contributed by atoms with E-state index >= 15 is 0 Å². The van der Waals surface area contributed by atoms with Crippen LogP contribution in [-0.2, 0) is 0 Å². The molecule has 0 saturated carbocycles. The van der Waals surface area contributed by atoms with E-state index in [1.54, 1.807) is 31.1 Å². The van der Waals surface area contributed by atoms with E-state index in [1.165, 1.54) is 109 Å². The normalized spacial score (nSPS) is 11.6. The van der Waals surface area contributed by atoms with Crippen LogP contribution in [0.3, 0.4) is 0 Å². The molecule has 0 aromatic rings. The molecule has 0 aliphatic carbocycles. The minimum absolute atomic E-state index is 0. The Bertz CT molecular complexity index is 253. The van der Waals surface area contributed by atoms with Crippen LogP contribution in [0.25, 0.3) is 0 Å². The van der Waals surface area contributed by atoms with E-state index in [1.807, 2.05) is 0 Å². The monoisotopic (exact) mass is 526 g/mol. The van der Waals surface area contributed by atoms with Gasteiger partial charge in [0.25, 0.3) is 0 Å². The predicted molar refractivity (Wildman–Crippen MR) is 132 cm³/mol. The smallest absolute Gasteiger partial charge is 0.0594 e. The average molecular weight is 527 g/mol. The first-order valence-corrected chi connectivity index (χ1v) is 15.6. The van der Waals surface area contributed by atoms with E-state index in [9.17, 15) is 0 Å². The van der Waals surface area contributed by atoms with Crippen molar-refractivity contribution in [2.45, 2.75) is 143 Å². The van der Waals surface area contributed by atoms with Crippen molar-refractivity contribution in [2.75, 3.05) is 24.6 Å². The van der Waals surface area contributed by atoms with Crippen LogP contribution in [-0.4, -0.2) is 24.6 Å². The molecule has 0 saturated heterocycles. The summed E-state index contributed by atoms with van der Waals surface area (Å²) in [5.74, 6) is 0. The van der Waals surface area contributed by atoms with Crippen LogP contribution in [0.4, 0.5) is 0 Å². The summed E-state index contributed by atoms with van der Waals surface area (Å²) in [6.45, 7) is 9.43. The lowest BCUT2D eigenvalue weighted by Gasteiger charge is -2.28. The van der Waals surface area contributed by atoms with Crippen LogP contribution in [0.1, 0.15) is 143 Å². The van der Waals surface area contributed by atoms with E-state index in [0.29, 0.717) is 0 Å². The van der Waals surface area contributed by atoms with E-state index < -0.39 is 7.26 Å². The summed E-state index contributed by atoms with van der Waals surface area (Å²) in [4.78, 5) is 0. The fourth-order valence-electron chi connectivity index (χ4n) is 4.52. The van der Waals surface area contributed by atoms with Crippen molar-refractivity contribution < 1.29 is 24.0 Å². The third-order valence-corrected chi connectivity index (χ3v) is 11.5. The van der Waals surface area contributed by atoms with Gasteiger partial charge in [-0.15, -0.1) is 0 Å². The van der Waals surface area contributed by atoms with Gasteiger partial charge in [0.1, 0.15) is 0 Å². The lowest BCUT2D eigenvalue weighted by Crippen LogP contribution is -3.00. The predicted octanol–water partition coefficient (Wildman–Crippen LogP) is 7.11. The quantitative estimate of drug-likeness (QED) is 0.0801. The van der Waals surface area contributed by atoms with Crippen LogP contribution >= 0.6 is 7.26 Å². The van der Waals surface area contributed by atoms with Gasteiger partial charge in [-0.25, -0.2) is 0 Å². The van der Waals surface area contributed by atoms with Gasteiger partial charge in [-0.1, -0.05) is 111 Å². The molecule has 0 unspecified atom stereocenters. The minimum atomic E-state index is -0.656. The van der Waals surface area contributed by atoms with Gasteiger partial charge in [0, 0.05) is 7.26 Å². The first-order valence-electron chi connectivity index (χ1n) is 13.1. The fourth-order valence-corrected chi connectivity index (χ4v) is 9.44. The van der Waals surface area contributed by atoms with E-state index in [2.05, 4.69) is 27.7 Å². The zero-order valence-corrected chi connectivity index (χ0v) is 23.4. The van der Waals surface area contributed by atoms with Crippen molar-refractivity contribution in [1.29, 1.82) is 0 Å². The SMILES string of the molecule is CCCCCCCCCCC[P+](CCCCC)(CCCCC)CCCCC.[I-]. The zero-order valence-electron chi connectivity index (χ0n) is 20.4. The van der Waals surface area contributed by atoms with Gasteiger partial charge in [0.15, 0.2) is 0 Å². The van der Waals surface area contributed by atoms with Crippen molar-refractivity contribution in [3.63, 3.8) is 0 Å². The van der Waals surface area contributed by atoms with E-state index in [4.69, 9.17) is 0 Å². The van der Waals surface area contributed by atoms with Crippen molar-refractivity contribution in [1.82, 2.24) is 0 Å². The Morgan fingerprint density at radius 1 is 0.321 bits per heavy atom. The third-order valence-electron chi connectivity index (χ3n) is 6.44. The maximum Gasteiger partial charge on any atom is 0.0594 e. The molecular formula is C26H56IP. The summed E-state index contributed by atoms with van der Waals surface area (Å²) < 4.78 is 0. The molecule has 0 amide bonds. The standard InChI is InChI=1S/C26H56P.HI/c1-5-9-13-14-15-16-17-18-22-26-27(23-19-10-6-2,24-20-11-7-3)25-21-12-8-4;/h5-26H2,1-4H3;1H/q+1;/p-1. The average Bonchev–Trinajstić information content (AvgIpc) is 2.67. The summed E-state index contributed by atoms with van der Waals surface area (Å²) in [6, 6.07) is 0. The Morgan fingerprint density at radius 2 is 0.536 bits per heavy atom. The van der Waals surface area contributed by atoms with Crippen LogP contribution in [0, 0.1) is 0 Å². The molecule has 2 heteroatoms. The molecule has 0 aromatic heterocycles. The molecule has 0 aliphatic rings. The largest absolute Gasteiger partial charge is 1.00 e. The molecule has 0 rings (SSSR count). The Labute approximate surface area is 198 Å². The summed E-state index contributed by atoms with van der Waals surface area (Å²) in [5.41, 5.74) is 0. The summed E-state index contributed by atoms with van der Waals surface area (Å²) >= 11 is 0. The van der Waals surface area contributed by atoms with Gasteiger partial charge < -0.3 is 24.0 Å². The lowest BCUT2D eigenvalue weighted by molar-refractivity contribution is -0.00000624. The maximum atomic E-state index is 2.37. The van der Waals surface area contributed by atoms with Crippen molar-refractivity contribution in [3.8, 4) is 0 Å². The van der Waals surface area contributed by atoms with Crippen LogP contribution < -0.4 is 24.0 Å². The Morgan fingerprint density at radius 3 is 0.857 bits per heavy atom. The van der Waals surface area contributed by atoms with Crippen LogP contribution in [0.5, 0.6) is 0 Å². The molecule has 172 valence electrons. The van der Waals surface area contributed by atoms with Gasteiger partial charge >= 0.3 is 0 Å². The van der Waals surface area contributed by atoms with Crippen molar-refractivity contribution in [3.05, 3.63) is 0 Å². The maximum absolute atomic E-state index is 2.37. The molecule has 0 bridgehead atoms. The molecule has 0 nitrogen and oxygen atoms in total. The highest BCUT2D eigenvalue weighted by Gasteiger charge is 2.34. The second kappa shape index (κ2) is 24.4. The third kappa shape index (κ3) is 19.1. The molecule has 0 N–H and O–H groups in total. The summed E-state index contributed by atoms with van der Waals surface area (Å²) in [7, 11) is -0.656. The van der Waals surface area contributed by atoms with Gasteiger partial charge in [0.2, 0.25) is 0 Å². The first kappa shape index (κ1) is 31.3. The molecule has 0 spiro atoms. The van der Waals surface area contributed by atoms with Gasteiger partial charge in [-0.05, 0) is 32.1 Å². The van der Waals surface area contributed by atoms with Gasteiger partial charge in [-0.2, -0.15) is 0 Å². The van der Waals surface area contributed by atoms with Gasteiger partial charge in [-0.3, -0.25) is 0 Å². The number of hydrogen-bond donors (Lipinski definition) is 0. The highest BCUT2D eigenvalue weighted by molar-refractivity contribution is 7.75. The molecule has 0 aromatic carbocycles. The number of halogens is 1. The van der Waals surface area contributed by atoms with Gasteiger partial charge in [0.05, 0.1) is 24.6 Å². The minimum Gasteiger partial charge on any atom is -1.00 e. The highest BCUT2D eigenvalue weighted by Crippen LogP contribution is 2.61. The Hall–Kier alpha value is 1.16. The Balaban J connectivity index is 0. The topological polar surface area (TPSA) is 0 Å². The molecular weight excluding hydrogens is 470 g/mol. The lowest BCUT2D eigenvalue weighted by atomic mass is 10.1. The first-order chi connectivity index (χ1) is 13.2. The number of unbranched alkanes of at least 4 members (excludes halogenated alkanes) is 14. The van der Waals surface area contributed by atoms with E-state index in [0.717, 1.165) is 0 Å². The second-order valence-electron chi connectivity index (χ2n) is 9.19. The summed E-state index contributed by atoms with van der Waals surface area (Å²) in [5, 5.41) is 0. The molecule has 0 radical (unpaired) electrons. The van der Waals surface area contributed by atoms with E-state index in [-0.39, 0.29) is 24.0 Å². The van der Waals surface area contributed by atoms with Crippen LogP contribution in [0.15, 0.2) is 0 Å². The van der Waals surface area contributed by atoms with Crippen molar-refractivity contribution in [2.24, 2.45) is 0 Å².